The number of aromatic amines is 1. The van der Waals surface area contributed by atoms with Crippen LogP contribution in [0.2, 0.25) is 5.02 Å². The maximum absolute atomic E-state index is 12.5. The van der Waals surface area contributed by atoms with Crippen molar-refractivity contribution in [1.29, 1.82) is 0 Å². The third-order valence-electron chi connectivity index (χ3n) is 4.76. The topological polar surface area (TPSA) is 41.0 Å². The Morgan fingerprint density at radius 1 is 1.25 bits per heavy atom. The Bertz CT molecular complexity index is 866. The highest BCUT2D eigenvalue weighted by atomic mass is 35.5. The molecule has 0 bridgehead atoms. The number of nitrogens with zero attached hydrogens (tertiary/aromatic N) is 2. The fourth-order valence-electron chi connectivity index (χ4n) is 3.49. The molecule has 124 valence electrons. The fourth-order valence-corrected chi connectivity index (χ4v) is 3.66. The third kappa shape index (κ3) is 2.94. The van der Waals surface area contributed by atoms with Crippen LogP contribution in [-0.2, 0) is 24.3 Å². The van der Waals surface area contributed by atoms with Crippen molar-refractivity contribution in [3.05, 3.63) is 59.0 Å². The molecule has 1 amide bonds. The summed E-state index contributed by atoms with van der Waals surface area (Å²) in [5.41, 5.74) is 3.56. The molecule has 1 aromatic carbocycles. The smallest absolute Gasteiger partial charge is 0.222 e. The number of H-pyrrole nitrogens is 1. The highest BCUT2D eigenvalue weighted by Crippen LogP contribution is 2.30. The minimum Gasteiger partial charge on any atom is -0.358 e. The first-order chi connectivity index (χ1) is 11.7. The number of benzene rings is 1. The predicted molar refractivity (Wildman–Crippen MR) is 96.1 cm³/mol. The minimum atomic E-state index is 0.240. The van der Waals surface area contributed by atoms with Crippen LogP contribution in [0.3, 0.4) is 0 Å². The molecule has 0 spiro atoms. The highest BCUT2D eigenvalue weighted by molar-refractivity contribution is 6.31. The Morgan fingerprint density at radius 3 is 2.92 bits per heavy atom. The summed E-state index contributed by atoms with van der Waals surface area (Å²) >= 11 is 6.14. The van der Waals surface area contributed by atoms with E-state index < -0.39 is 0 Å². The van der Waals surface area contributed by atoms with Gasteiger partial charge in [-0.25, -0.2) is 0 Å². The SMILES string of the molecule is O=C(CCCn1cccc1)N1CCc2[nH]c3ccc(Cl)cc3c2C1. The predicted octanol–water partition coefficient (Wildman–Crippen LogP) is 3.99. The van der Waals surface area contributed by atoms with Gasteiger partial charge in [0.15, 0.2) is 0 Å². The molecule has 0 atom stereocenters. The van der Waals surface area contributed by atoms with E-state index in [1.165, 1.54) is 11.3 Å². The lowest BCUT2D eigenvalue weighted by atomic mass is 10.0. The van der Waals surface area contributed by atoms with E-state index in [1.54, 1.807) is 0 Å². The second-order valence-electron chi connectivity index (χ2n) is 6.36. The number of rotatable bonds is 4. The van der Waals surface area contributed by atoms with Crippen LogP contribution in [0.15, 0.2) is 42.7 Å². The van der Waals surface area contributed by atoms with Crippen molar-refractivity contribution in [2.75, 3.05) is 6.54 Å². The molecule has 0 saturated carbocycles. The van der Waals surface area contributed by atoms with Crippen LogP contribution in [0.5, 0.6) is 0 Å². The van der Waals surface area contributed by atoms with Gasteiger partial charge in [0.05, 0.1) is 0 Å². The summed E-state index contributed by atoms with van der Waals surface area (Å²) in [5, 5.41) is 1.88. The van der Waals surface area contributed by atoms with Crippen molar-refractivity contribution < 1.29 is 4.79 Å². The molecule has 0 aliphatic carbocycles. The lowest BCUT2D eigenvalue weighted by molar-refractivity contribution is -0.132. The Kier molecular flexibility index (Phi) is 4.07. The van der Waals surface area contributed by atoms with Crippen LogP contribution in [0.1, 0.15) is 24.1 Å². The summed E-state index contributed by atoms with van der Waals surface area (Å²) in [4.78, 5) is 18.0. The van der Waals surface area contributed by atoms with Crippen molar-refractivity contribution in [3.63, 3.8) is 0 Å². The number of carbonyl (C=O) groups is 1. The second kappa shape index (κ2) is 6.36. The third-order valence-corrected chi connectivity index (χ3v) is 5.00. The number of halogens is 1. The lowest BCUT2D eigenvalue weighted by Crippen LogP contribution is -2.35. The van der Waals surface area contributed by atoms with E-state index in [2.05, 4.69) is 9.55 Å². The largest absolute Gasteiger partial charge is 0.358 e. The van der Waals surface area contributed by atoms with E-state index in [0.29, 0.717) is 13.0 Å². The number of amides is 1. The first kappa shape index (κ1) is 15.3. The zero-order valence-electron chi connectivity index (χ0n) is 13.5. The Hall–Kier alpha value is -2.20. The molecular weight excluding hydrogens is 322 g/mol. The normalized spacial score (nSPS) is 14.1. The van der Waals surface area contributed by atoms with Gasteiger partial charge in [-0.2, -0.15) is 0 Å². The zero-order chi connectivity index (χ0) is 16.5. The van der Waals surface area contributed by atoms with Crippen LogP contribution in [-0.4, -0.2) is 26.9 Å². The maximum atomic E-state index is 12.5. The molecule has 4 rings (SSSR count). The number of aryl methyl sites for hydroxylation is 1. The van der Waals surface area contributed by atoms with Gasteiger partial charge >= 0.3 is 0 Å². The molecule has 3 heterocycles. The summed E-state index contributed by atoms with van der Waals surface area (Å²) in [7, 11) is 0. The van der Waals surface area contributed by atoms with E-state index in [0.717, 1.165) is 41.9 Å². The fraction of sp³-hybridized carbons (Fsp3) is 0.316. The van der Waals surface area contributed by atoms with Crippen molar-refractivity contribution in [1.82, 2.24) is 14.5 Å². The zero-order valence-corrected chi connectivity index (χ0v) is 14.2. The van der Waals surface area contributed by atoms with E-state index >= 15 is 0 Å². The standard InChI is InChI=1S/C19H20ClN3O/c20-14-5-6-17-15(12-14)16-13-23(11-7-18(16)21-17)19(24)4-3-10-22-8-1-2-9-22/h1-2,5-6,8-9,12,21H,3-4,7,10-11,13H2. The number of carbonyl (C=O) groups excluding carboxylic acids is 1. The van der Waals surface area contributed by atoms with Crippen molar-refractivity contribution in [2.45, 2.75) is 32.4 Å². The van der Waals surface area contributed by atoms with Gasteiger partial charge in [-0.15, -0.1) is 0 Å². The molecule has 0 radical (unpaired) electrons. The summed E-state index contributed by atoms with van der Waals surface area (Å²) in [5.74, 6) is 0.240. The Balaban J connectivity index is 1.44. The van der Waals surface area contributed by atoms with E-state index in [9.17, 15) is 4.79 Å². The monoisotopic (exact) mass is 341 g/mol. The molecule has 1 N–H and O–H groups in total. The van der Waals surface area contributed by atoms with Gasteiger partial charge in [-0.3, -0.25) is 4.79 Å². The van der Waals surface area contributed by atoms with Crippen LogP contribution in [0, 0.1) is 0 Å². The summed E-state index contributed by atoms with van der Waals surface area (Å²) < 4.78 is 2.11. The van der Waals surface area contributed by atoms with Crippen molar-refractivity contribution in [2.24, 2.45) is 0 Å². The van der Waals surface area contributed by atoms with Gasteiger partial charge in [0, 0.05) is 72.1 Å². The van der Waals surface area contributed by atoms with Gasteiger partial charge in [-0.1, -0.05) is 11.6 Å². The molecular formula is C19H20ClN3O. The van der Waals surface area contributed by atoms with Gasteiger partial charge in [0.2, 0.25) is 5.91 Å². The first-order valence-corrected chi connectivity index (χ1v) is 8.76. The highest BCUT2D eigenvalue weighted by Gasteiger charge is 2.23. The Labute approximate surface area is 146 Å². The summed E-state index contributed by atoms with van der Waals surface area (Å²) in [6.07, 6.45) is 6.42. The molecule has 1 aliphatic rings. The van der Waals surface area contributed by atoms with E-state index in [-0.39, 0.29) is 5.91 Å². The van der Waals surface area contributed by atoms with Gasteiger partial charge in [0.25, 0.3) is 0 Å². The lowest BCUT2D eigenvalue weighted by Gasteiger charge is -2.27. The van der Waals surface area contributed by atoms with Crippen molar-refractivity contribution >= 4 is 28.4 Å². The Morgan fingerprint density at radius 2 is 2.08 bits per heavy atom. The second-order valence-corrected chi connectivity index (χ2v) is 6.80. The number of nitrogens with one attached hydrogen (secondary N) is 1. The molecule has 5 heteroatoms. The first-order valence-electron chi connectivity index (χ1n) is 8.38. The summed E-state index contributed by atoms with van der Waals surface area (Å²) in [6, 6.07) is 9.92. The molecule has 0 fully saturated rings. The average Bonchev–Trinajstić information content (AvgIpc) is 3.21. The van der Waals surface area contributed by atoms with E-state index in [1.807, 2.05) is 47.6 Å². The molecule has 24 heavy (non-hydrogen) atoms. The summed E-state index contributed by atoms with van der Waals surface area (Å²) in [6.45, 7) is 2.36. The number of aromatic nitrogens is 2. The number of fused-ring (bicyclic) bond motifs is 3. The van der Waals surface area contributed by atoms with E-state index in [4.69, 9.17) is 11.6 Å². The average molecular weight is 342 g/mol. The van der Waals surface area contributed by atoms with Gasteiger partial charge in [-0.05, 0) is 36.8 Å². The van der Waals surface area contributed by atoms with Crippen LogP contribution in [0.4, 0.5) is 0 Å². The van der Waals surface area contributed by atoms with Crippen LogP contribution >= 0.6 is 11.6 Å². The van der Waals surface area contributed by atoms with Crippen LogP contribution in [0.25, 0.3) is 10.9 Å². The minimum absolute atomic E-state index is 0.240. The van der Waals surface area contributed by atoms with Crippen LogP contribution < -0.4 is 0 Å². The van der Waals surface area contributed by atoms with Crippen molar-refractivity contribution in [3.8, 4) is 0 Å². The quantitative estimate of drug-likeness (QED) is 0.766. The number of hydrogen-bond donors (Lipinski definition) is 1. The molecule has 0 unspecified atom stereocenters. The number of hydrogen-bond acceptors (Lipinski definition) is 1. The molecule has 0 saturated heterocycles. The molecule has 1 aliphatic heterocycles. The molecule has 4 nitrogen and oxygen atoms in total. The molecule has 2 aromatic heterocycles. The van der Waals surface area contributed by atoms with Gasteiger partial charge < -0.3 is 14.5 Å². The molecule has 3 aromatic rings. The van der Waals surface area contributed by atoms with Gasteiger partial charge in [0.1, 0.15) is 0 Å². The maximum Gasteiger partial charge on any atom is 0.222 e.